The first-order valence-corrected chi connectivity index (χ1v) is 16.9. The third-order valence-corrected chi connectivity index (χ3v) is 9.50. The number of carbonyl (C=O) groups is 1. The van der Waals surface area contributed by atoms with Crippen molar-refractivity contribution in [1.82, 2.24) is 24.6 Å². The number of nitrogens with one attached hydrogen (secondary N) is 1. The second kappa shape index (κ2) is 12.5. The number of alkyl halides is 1. The van der Waals surface area contributed by atoms with Gasteiger partial charge in [-0.05, 0) is 44.0 Å². The fraction of sp³-hybridized carbons (Fsp3) is 0.448. The van der Waals surface area contributed by atoms with Crippen molar-refractivity contribution in [2.75, 3.05) is 31.3 Å². The molecule has 2 aromatic heterocycles. The zero-order valence-electron chi connectivity index (χ0n) is 25.4. The van der Waals surface area contributed by atoms with Gasteiger partial charge in [-0.15, -0.1) is 0 Å². The Labute approximate surface area is 260 Å². The summed E-state index contributed by atoms with van der Waals surface area (Å²) in [7, 11) is 3.64. The number of halogens is 1. The van der Waals surface area contributed by atoms with E-state index in [9.17, 15) is 4.79 Å². The van der Waals surface area contributed by atoms with Gasteiger partial charge in [0, 0.05) is 31.8 Å². The molecule has 44 heavy (non-hydrogen) atoms. The number of benzene rings is 2. The van der Waals surface area contributed by atoms with Crippen molar-refractivity contribution in [3.63, 3.8) is 0 Å². The van der Waals surface area contributed by atoms with Crippen LogP contribution in [-0.4, -0.2) is 64.2 Å². The van der Waals surface area contributed by atoms with Crippen LogP contribution in [0.5, 0.6) is 5.75 Å². The average Bonchev–Trinajstić information content (AvgIpc) is 3.51. The van der Waals surface area contributed by atoms with Crippen molar-refractivity contribution in [1.29, 1.82) is 0 Å². The maximum atomic E-state index is 16.4. The van der Waals surface area contributed by atoms with Gasteiger partial charge in [-0.2, -0.15) is 9.97 Å². The third kappa shape index (κ3) is 6.79. The van der Waals surface area contributed by atoms with Crippen LogP contribution in [0.25, 0.3) is 21.9 Å². The Kier molecular flexibility index (Phi) is 9.11. The molecule has 0 amide bonds. The molecule has 5 rings (SSSR count). The lowest BCUT2D eigenvalue weighted by Gasteiger charge is -2.29. The standard InChI is InChI=1S/C29H37FN7O5PS/c1-17(2)40-27(38)19(4)35-43(44,42-22-13-9-11-20-10-7-8-12-21(20)22)39-15-29(30)14-18(3)26(41-29)37-16-32-23-24(36(5)6)33-28(31)34-25(23)37/h7-13,16-19,26H,14-15H2,1-6H3,(H,35,44)(H2,31,33,34)/t18-,19-,26+,29-,43+/m0/s1. The molecule has 0 unspecified atom stereocenters. The van der Waals surface area contributed by atoms with E-state index >= 15 is 4.39 Å². The number of esters is 1. The number of rotatable bonds is 11. The number of carbonyl (C=O) groups excluding carboxylic acids is 1. The van der Waals surface area contributed by atoms with Crippen LogP contribution in [0, 0.1) is 5.92 Å². The fourth-order valence-electron chi connectivity index (χ4n) is 5.10. The van der Waals surface area contributed by atoms with Gasteiger partial charge in [0.25, 0.3) is 0 Å². The summed E-state index contributed by atoms with van der Waals surface area (Å²) in [6.45, 7) is 2.84. The lowest BCUT2D eigenvalue weighted by Crippen LogP contribution is -2.37. The van der Waals surface area contributed by atoms with Crippen molar-refractivity contribution >= 4 is 58.1 Å². The van der Waals surface area contributed by atoms with Crippen molar-refractivity contribution in [3.05, 3.63) is 48.8 Å². The van der Waals surface area contributed by atoms with E-state index in [0.29, 0.717) is 22.7 Å². The van der Waals surface area contributed by atoms with Crippen LogP contribution in [0.2, 0.25) is 0 Å². The van der Waals surface area contributed by atoms with Crippen molar-refractivity contribution in [2.45, 2.75) is 58.3 Å². The molecule has 3 heterocycles. The van der Waals surface area contributed by atoms with Gasteiger partial charge in [0.05, 0.1) is 12.4 Å². The molecule has 0 aliphatic carbocycles. The topological polar surface area (TPSA) is 139 Å². The molecule has 15 heteroatoms. The Bertz CT molecular complexity index is 1720. The zero-order chi connectivity index (χ0) is 31.8. The first-order valence-electron chi connectivity index (χ1n) is 14.2. The van der Waals surface area contributed by atoms with Crippen LogP contribution in [0.3, 0.4) is 0 Å². The van der Waals surface area contributed by atoms with E-state index in [1.165, 1.54) is 6.33 Å². The number of fused-ring (bicyclic) bond motifs is 2. The second-order valence-electron chi connectivity index (χ2n) is 11.4. The van der Waals surface area contributed by atoms with Gasteiger partial charge in [0.15, 0.2) is 17.0 Å². The SMILES string of the molecule is CC(C)OC(=O)[C@H](C)N[P@@](=S)(OC[C@]1(F)C[C@H](C)[C@H](n2cnc3c(N(C)C)nc(N)nc32)O1)Oc1cccc2ccccc12. The number of hydrogen-bond donors (Lipinski definition) is 2. The maximum Gasteiger partial charge on any atom is 0.323 e. The molecule has 1 aliphatic heterocycles. The minimum absolute atomic E-state index is 0.00696. The molecule has 5 atom stereocenters. The molecular formula is C29H37FN7O5PS. The first kappa shape index (κ1) is 32.0. The fourth-order valence-corrected chi connectivity index (χ4v) is 7.52. The highest BCUT2D eigenvalue weighted by Gasteiger charge is 2.48. The van der Waals surface area contributed by atoms with Crippen LogP contribution in [0.1, 0.15) is 40.3 Å². The lowest BCUT2D eigenvalue weighted by atomic mass is 10.1. The molecule has 0 spiro atoms. The minimum Gasteiger partial charge on any atom is -0.462 e. The molecular weight excluding hydrogens is 608 g/mol. The summed E-state index contributed by atoms with van der Waals surface area (Å²) in [5, 5.41) is 4.70. The van der Waals surface area contributed by atoms with Crippen LogP contribution in [0.4, 0.5) is 16.2 Å². The molecule has 2 aromatic carbocycles. The number of nitrogen functional groups attached to an aromatic ring is 1. The number of ether oxygens (including phenoxy) is 2. The summed E-state index contributed by atoms with van der Waals surface area (Å²) < 4.78 is 41.8. The molecule has 1 saturated heterocycles. The largest absolute Gasteiger partial charge is 0.462 e. The lowest BCUT2D eigenvalue weighted by molar-refractivity contribution is -0.172. The predicted molar refractivity (Wildman–Crippen MR) is 170 cm³/mol. The smallest absolute Gasteiger partial charge is 0.323 e. The summed E-state index contributed by atoms with van der Waals surface area (Å²) >= 11 is 5.87. The van der Waals surface area contributed by atoms with Crippen LogP contribution in [0.15, 0.2) is 48.8 Å². The van der Waals surface area contributed by atoms with Gasteiger partial charge in [0.1, 0.15) is 24.6 Å². The Morgan fingerprint density at radius 1 is 1.25 bits per heavy atom. The average molecular weight is 646 g/mol. The highest BCUT2D eigenvalue weighted by Crippen LogP contribution is 2.50. The number of hydrogen-bond acceptors (Lipinski definition) is 11. The Morgan fingerprint density at radius 2 is 1.98 bits per heavy atom. The summed E-state index contributed by atoms with van der Waals surface area (Å²) in [5.74, 6) is -2.04. The van der Waals surface area contributed by atoms with Gasteiger partial charge in [0.2, 0.25) is 11.8 Å². The highest BCUT2D eigenvalue weighted by molar-refractivity contribution is 8.09. The van der Waals surface area contributed by atoms with E-state index in [1.807, 2.05) is 57.4 Å². The zero-order valence-corrected chi connectivity index (χ0v) is 27.1. The van der Waals surface area contributed by atoms with E-state index < -0.39 is 37.3 Å². The van der Waals surface area contributed by atoms with E-state index in [1.54, 1.807) is 36.3 Å². The van der Waals surface area contributed by atoms with Gasteiger partial charge in [-0.25, -0.2) is 14.5 Å². The molecule has 236 valence electrons. The minimum atomic E-state index is -3.56. The molecule has 1 fully saturated rings. The second-order valence-corrected chi connectivity index (χ2v) is 14.5. The number of aromatic nitrogens is 4. The quantitative estimate of drug-likeness (QED) is 0.166. The number of nitrogens with two attached hydrogens (primary N) is 1. The van der Waals surface area contributed by atoms with Crippen molar-refractivity contribution < 1.29 is 27.7 Å². The predicted octanol–water partition coefficient (Wildman–Crippen LogP) is 5.10. The Balaban J connectivity index is 1.40. The molecule has 4 aromatic rings. The maximum absolute atomic E-state index is 16.4. The van der Waals surface area contributed by atoms with Crippen molar-refractivity contribution in [2.24, 2.45) is 5.92 Å². The number of nitrogens with zero attached hydrogens (tertiary/aromatic N) is 5. The Hall–Kier alpha value is -3.42. The highest BCUT2D eigenvalue weighted by atomic mass is 32.5. The van der Waals surface area contributed by atoms with Gasteiger partial charge in [-0.3, -0.25) is 9.36 Å². The molecule has 1 aliphatic rings. The van der Waals surface area contributed by atoms with Crippen LogP contribution >= 0.6 is 6.64 Å². The van der Waals surface area contributed by atoms with E-state index in [0.717, 1.165) is 10.8 Å². The summed E-state index contributed by atoms with van der Waals surface area (Å²) in [4.78, 5) is 27.5. The van der Waals surface area contributed by atoms with Crippen LogP contribution < -0.4 is 20.2 Å². The van der Waals surface area contributed by atoms with Gasteiger partial charge < -0.3 is 29.2 Å². The summed E-state index contributed by atoms with van der Waals surface area (Å²) in [5.41, 5.74) is 6.91. The molecule has 0 bridgehead atoms. The van der Waals surface area contributed by atoms with Gasteiger partial charge in [-0.1, -0.05) is 43.3 Å². The summed E-state index contributed by atoms with van der Waals surface area (Å²) in [6, 6.07) is 12.2. The van der Waals surface area contributed by atoms with E-state index in [2.05, 4.69) is 20.0 Å². The molecule has 3 N–H and O–H groups in total. The monoisotopic (exact) mass is 645 g/mol. The normalized spacial score (nSPS) is 22.3. The molecule has 0 saturated carbocycles. The van der Waals surface area contributed by atoms with Crippen LogP contribution in [-0.2, 0) is 30.6 Å². The molecule has 0 radical (unpaired) electrons. The van der Waals surface area contributed by atoms with E-state index in [4.69, 9.17) is 36.1 Å². The third-order valence-electron chi connectivity index (χ3n) is 7.04. The molecule has 12 nitrogen and oxygen atoms in total. The summed E-state index contributed by atoms with van der Waals surface area (Å²) in [6.07, 6.45) is 0.435. The Morgan fingerprint density at radius 3 is 2.70 bits per heavy atom. The first-order chi connectivity index (χ1) is 20.8. The number of imidazole rings is 1. The van der Waals surface area contributed by atoms with Crippen molar-refractivity contribution in [3.8, 4) is 5.75 Å². The van der Waals surface area contributed by atoms with E-state index in [-0.39, 0.29) is 24.4 Å². The van der Waals surface area contributed by atoms with Gasteiger partial charge >= 0.3 is 12.6 Å². The number of anilines is 2.